The molecule has 78 valence electrons. The Morgan fingerprint density at radius 3 is 2.85 bits per heavy atom. The molecule has 0 aromatic carbocycles. The molecule has 1 aliphatic carbocycles. The molecular formula is C11H23NO. The summed E-state index contributed by atoms with van der Waals surface area (Å²) in [6.07, 6.45) is 8.17. The van der Waals surface area contributed by atoms with Gasteiger partial charge in [0.15, 0.2) is 0 Å². The lowest BCUT2D eigenvalue weighted by Crippen LogP contribution is -2.28. The Morgan fingerprint density at radius 1 is 1.31 bits per heavy atom. The summed E-state index contributed by atoms with van der Waals surface area (Å²) >= 11 is 0. The van der Waals surface area contributed by atoms with E-state index in [0.717, 1.165) is 18.6 Å². The van der Waals surface area contributed by atoms with E-state index in [1.807, 2.05) is 0 Å². The smallest absolute Gasteiger partial charge is 0.0462 e. The van der Waals surface area contributed by atoms with Crippen LogP contribution in [0.5, 0.6) is 0 Å². The lowest BCUT2D eigenvalue weighted by atomic mass is 9.97. The van der Waals surface area contributed by atoms with Gasteiger partial charge in [-0.3, -0.25) is 0 Å². The fraction of sp³-hybridized carbons (Fsp3) is 1.00. The predicted octanol–water partition coefficient (Wildman–Crippen LogP) is 2.19. The summed E-state index contributed by atoms with van der Waals surface area (Å²) in [5.74, 6) is 0.932. The van der Waals surface area contributed by atoms with Gasteiger partial charge in [-0.25, -0.2) is 0 Å². The predicted molar refractivity (Wildman–Crippen MR) is 55.9 cm³/mol. The van der Waals surface area contributed by atoms with Gasteiger partial charge < -0.3 is 10.1 Å². The summed E-state index contributed by atoms with van der Waals surface area (Å²) in [6.45, 7) is 0.928. The lowest BCUT2D eigenvalue weighted by Gasteiger charge is -2.18. The SMILES string of the molecule is CNC1CCCC1CCCCOC. The van der Waals surface area contributed by atoms with Gasteiger partial charge in [0, 0.05) is 19.8 Å². The number of methoxy groups -OCH3 is 1. The Morgan fingerprint density at radius 2 is 2.15 bits per heavy atom. The second-order valence-corrected chi connectivity index (χ2v) is 4.07. The highest BCUT2D eigenvalue weighted by Crippen LogP contribution is 2.29. The summed E-state index contributed by atoms with van der Waals surface area (Å²) < 4.78 is 5.04. The van der Waals surface area contributed by atoms with Crippen LogP contribution in [-0.2, 0) is 4.74 Å². The third-order valence-electron chi connectivity index (χ3n) is 3.20. The zero-order valence-electron chi connectivity index (χ0n) is 9.01. The van der Waals surface area contributed by atoms with Crippen LogP contribution in [0.25, 0.3) is 0 Å². The van der Waals surface area contributed by atoms with Crippen LogP contribution in [0.15, 0.2) is 0 Å². The second-order valence-electron chi connectivity index (χ2n) is 4.07. The van der Waals surface area contributed by atoms with Crippen LogP contribution in [0.1, 0.15) is 38.5 Å². The first-order valence-corrected chi connectivity index (χ1v) is 5.54. The third-order valence-corrected chi connectivity index (χ3v) is 3.20. The van der Waals surface area contributed by atoms with E-state index in [1.165, 1.54) is 38.5 Å². The monoisotopic (exact) mass is 185 g/mol. The molecule has 0 heterocycles. The van der Waals surface area contributed by atoms with Gasteiger partial charge in [0.25, 0.3) is 0 Å². The van der Waals surface area contributed by atoms with Crippen LogP contribution in [-0.4, -0.2) is 26.8 Å². The number of ether oxygens (including phenoxy) is 1. The lowest BCUT2D eigenvalue weighted by molar-refractivity contribution is 0.189. The molecule has 0 aromatic heterocycles. The maximum Gasteiger partial charge on any atom is 0.0462 e. The van der Waals surface area contributed by atoms with Crippen LogP contribution >= 0.6 is 0 Å². The summed E-state index contributed by atoms with van der Waals surface area (Å²) in [7, 11) is 3.88. The van der Waals surface area contributed by atoms with E-state index in [9.17, 15) is 0 Å². The van der Waals surface area contributed by atoms with E-state index >= 15 is 0 Å². The van der Waals surface area contributed by atoms with Gasteiger partial charge in [0.1, 0.15) is 0 Å². The van der Waals surface area contributed by atoms with Crippen LogP contribution in [0, 0.1) is 5.92 Å². The Hall–Kier alpha value is -0.0800. The molecule has 0 radical (unpaired) electrons. The van der Waals surface area contributed by atoms with Crippen molar-refractivity contribution in [2.45, 2.75) is 44.6 Å². The molecule has 1 N–H and O–H groups in total. The maximum absolute atomic E-state index is 5.04. The van der Waals surface area contributed by atoms with Crippen LogP contribution in [0.4, 0.5) is 0 Å². The topological polar surface area (TPSA) is 21.3 Å². The minimum atomic E-state index is 0.794. The number of hydrogen-bond acceptors (Lipinski definition) is 2. The van der Waals surface area contributed by atoms with Crippen LogP contribution in [0.3, 0.4) is 0 Å². The fourth-order valence-electron chi connectivity index (χ4n) is 2.42. The molecule has 1 aliphatic rings. The Bertz CT molecular complexity index is 127. The molecule has 2 heteroatoms. The van der Waals surface area contributed by atoms with Crippen molar-refractivity contribution in [3.8, 4) is 0 Å². The van der Waals surface area contributed by atoms with Crippen molar-refractivity contribution in [1.82, 2.24) is 5.32 Å². The first-order chi connectivity index (χ1) is 6.38. The molecular weight excluding hydrogens is 162 g/mol. The van der Waals surface area contributed by atoms with E-state index in [-0.39, 0.29) is 0 Å². The summed E-state index contributed by atoms with van der Waals surface area (Å²) in [6, 6.07) is 0.794. The standard InChI is InChI=1S/C11H23NO/c1-12-11-8-5-7-10(11)6-3-4-9-13-2/h10-12H,3-9H2,1-2H3. The van der Waals surface area contributed by atoms with Crippen molar-refractivity contribution < 1.29 is 4.74 Å². The largest absolute Gasteiger partial charge is 0.385 e. The highest BCUT2D eigenvalue weighted by atomic mass is 16.5. The van der Waals surface area contributed by atoms with E-state index in [4.69, 9.17) is 4.74 Å². The number of unbranched alkanes of at least 4 members (excludes halogenated alkanes) is 1. The highest BCUT2D eigenvalue weighted by molar-refractivity contribution is 4.81. The molecule has 1 saturated carbocycles. The number of rotatable bonds is 6. The second kappa shape index (κ2) is 6.39. The van der Waals surface area contributed by atoms with E-state index in [1.54, 1.807) is 7.11 Å². The summed E-state index contributed by atoms with van der Waals surface area (Å²) in [4.78, 5) is 0. The van der Waals surface area contributed by atoms with Crippen molar-refractivity contribution in [1.29, 1.82) is 0 Å². The van der Waals surface area contributed by atoms with Crippen molar-refractivity contribution in [2.75, 3.05) is 20.8 Å². The minimum Gasteiger partial charge on any atom is -0.385 e. The normalized spacial score (nSPS) is 28.2. The van der Waals surface area contributed by atoms with Gasteiger partial charge in [0.2, 0.25) is 0 Å². The molecule has 0 saturated heterocycles. The van der Waals surface area contributed by atoms with Crippen molar-refractivity contribution in [2.24, 2.45) is 5.92 Å². The zero-order chi connectivity index (χ0) is 9.52. The van der Waals surface area contributed by atoms with Gasteiger partial charge in [-0.2, -0.15) is 0 Å². The molecule has 2 atom stereocenters. The van der Waals surface area contributed by atoms with Gasteiger partial charge in [-0.15, -0.1) is 0 Å². The third kappa shape index (κ3) is 3.65. The molecule has 0 aromatic rings. The van der Waals surface area contributed by atoms with Gasteiger partial charge in [-0.05, 0) is 38.6 Å². The molecule has 13 heavy (non-hydrogen) atoms. The molecule has 0 bridgehead atoms. The number of nitrogens with one attached hydrogen (secondary N) is 1. The zero-order valence-corrected chi connectivity index (χ0v) is 9.01. The Kier molecular flexibility index (Phi) is 5.40. The minimum absolute atomic E-state index is 0.794. The molecule has 0 amide bonds. The highest BCUT2D eigenvalue weighted by Gasteiger charge is 2.24. The Balaban J connectivity index is 2.06. The van der Waals surface area contributed by atoms with Gasteiger partial charge >= 0.3 is 0 Å². The molecule has 2 unspecified atom stereocenters. The molecule has 2 nitrogen and oxygen atoms in total. The van der Waals surface area contributed by atoms with E-state index in [2.05, 4.69) is 12.4 Å². The molecule has 0 aliphatic heterocycles. The van der Waals surface area contributed by atoms with Crippen LogP contribution in [0.2, 0.25) is 0 Å². The number of hydrogen-bond donors (Lipinski definition) is 1. The maximum atomic E-state index is 5.04. The first kappa shape index (κ1) is 11.0. The Labute approximate surface area is 82.0 Å². The average Bonchev–Trinajstić information content (AvgIpc) is 2.60. The van der Waals surface area contributed by atoms with Crippen molar-refractivity contribution in [3.05, 3.63) is 0 Å². The molecule has 1 rings (SSSR count). The average molecular weight is 185 g/mol. The van der Waals surface area contributed by atoms with E-state index in [0.29, 0.717) is 0 Å². The van der Waals surface area contributed by atoms with Gasteiger partial charge in [-0.1, -0.05) is 12.8 Å². The van der Waals surface area contributed by atoms with Crippen molar-refractivity contribution in [3.63, 3.8) is 0 Å². The first-order valence-electron chi connectivity index (χ1n) is 5.54. The summed E-state index contributed by atoms with van der Waals surface area (Å²) in [5, 5.41) is 3.42. The fourth-order valence-corrected chi connectivity index (χ4v) is 2.42. The van der Waals surface area contributed by atoms with Crippen LogP contribution < -0.4 is 5.32 Å². The quantitative estimate of drug-likeness (QED) is 0.640. The van der Waals surface area contributed by atoms with Gasteiger partial charge in [0.05, 0.1) is 0 Å². The molecule has 1 fully saturated rings. The summed E-state index contributed by atoms with van der Waals surface area (Å²) in [5.41, 5.74) is 0. The van der Waals surface area contributed by atoms with E-state index < -0.39 is 0 Å². The van der Waals surface area contributed by atoms with Crippen molar-refractivity contribution >= 4 is 0 Å². The molecule has 0 spiro atoms.